The summed E-state index contributed by atoms with van der Waals surface area (Å²) in [7, 11) is 0. The predicted octanol–water partition coefficient (Wildman–Crippen LogP) is 1.47. The van der Waals surface area contributed by atoms with Crippen molar-refractivity contribution in [1.82, 2.24) is 19.4 Å². The molecular weight excluding hydrogens is 332 g/mol. The second kappa shape index (κ2) is 6.17. The Bertz CT molecular complexity index is 1110. The van der Waals surface area contributed by atoms with Crippen LogP contribution in [0.1, 0.15) is 36.7 Å². The monoisotopic (exact) mass is 354 g/mol. The number of rotatable bonds is 3. The number of nitrogens with zero attached hydrogens (tertiary/aromatic N) is 2. The molecule has 0 saturated heterocycles. The van der Waals surface area contributed by atoms with Crippen molar-refractivity contribution in [2.45, 2.75) is 39.4 Å². The molecule has 0 amide bonds. The van der Waals surface area contributed by atoms with Gasteiger partial charge in [-0.1, -0.05) is 18.2 Å². The molecule has 0 bridgehead atoms. The fraction of sp³-hybridized carbons (Fsp3) is 0.368. The van der Waals surface area contributed by atoms with Gasteiger partial charge in [0.25, 0.3) is 5.56 Å². The molecule has 26 heavy (non-hydrogen) atoms. The highest BCUT2D eigenvalue weighted by molar-refractivity contribution is 5.85. The van der Waals surface area contributed by atoms with Gasteiger partial charge in [-0.15, -0.1) is 0 Å². The first-order chi connectivity index (χ1) is 12.6. The molecule has 0 unspecified atom stereocenters. The van der Waals surface area contributed by atoms with Gasteiger partial charge < -0.3 is 15.4 Å². The van der Waals surface area contributed by atoms with Gasteiger partial charge in [0.1, 0.15) is 5.56 Å². The van der Waals surface area contributed by atoms with Crippen molar-refractivity contribution in [3.8, 4) is 5.88 Å². The molecule has 1 atom stereocenters. The zero-order valence-electron chi connectivity index (χ0n) is 14.9. The Balaban J connectivity index is 2.01. The van der Waals surface area contributed by atoms with Crippen LogP contribution in [0.4, 0.5) is 0 Å². The topological polar surface area (TPSA) is 92.0 Å². The van der Waals surface area contributed by atoms with Gasteiger partial charge in [0.15, 0.2) is 0 Å². The zero-order chi connectivity index (χ0) is 18.4. The average Bonchev–Trinajstić information content (AvgIpc) is 3.02. The number of hydrogen-bond donors (Lipinski definition) is 3. The van der Waals surface area contributed by atoms with Crippen LogP contribution in [0.25, 0.3) is 10.9 Å². The number of benzene rings is 1. The Labute approximate surface area is 149 Å². The van der Waals surface area contributed by atoms with Gasteiger partial charge in [0, 0.05) is 36.2 Å². The van der Waals surface area contributed by atoms with Crippen molar-refractivity contribution in [2.75, 3.05) is 6.54 Å². The molecule has 0 spiro atoms. The lowest BCUT2D eigenvalue weighted by Gasteiger charge is -2.26. The second-order valence-electron chi connectivity index (χ2n) is 6.51. The van der Waals surface area contributed by atoms with Crippen LogP contribution >= 0.6 is 0 Å². The summed E-state index contributed by atoms with van der Waals surface area (Å²) < 4.78 is 2.43. The lowest BCUT2D eigenvalue weighted by atomic mass is 9.95. The van der Waals surface area contributed by atoms with Crippen LogP contribution < -0.4 is 16.6 Å². The molecule has 1 aliphatic rings. The van der Waals surface area contributed by atoms with E-state index in [0.29, 0.717) is 13.1 Å². The summed E-state index contributed by atoms with van der Waals surface area (Å²) in [4.78, 5) is 28.8. The Morgan fingerprint density at radius 2 is 1.88 bits per heavy atom. The number of hydrogen-bond acceptors (Lipinski definition) is 4. The molecule has 0 fully saturated rings. The van der Waals surface area contributed by atoms with Crippen molar-refractivity contribution in [3.63, 3.8) is 0 Å². The molecule has 1 aliphatic heterocycles. The number of aromatic hydroxyl groups is 1. The molecule has 7 nitrogen and oxygen atoms in total. The molecule has 0 saturated carbocycles. The Morgan fingerprint density at radius 3 is 2.62 bits per heavy atom. The summed E-state index contributed by atoms with van der Waals surface area (Å²) in [5.41, 5.74) is 2.35. The molecule has 3 aromatic rings. The van der Waals surface area contributed by atoms with Crippen molar-refractivity contribution < 1.29 is 5.11 Å². The maximum absolute atomic E-state index is 13.0. The van der Waals surface area contributed by atoms with Gasteiger partial charge >= 0.3 is 5.69 Å². The lowest BCUT2D eigenvalue weighted by molar-refractivity contribution is 0.376. The Kier molecular flexibility index (Phi) is 3.96. The number of H-pyrrole nitrogens is 1. The summed E-state index contributed by atoms with van der Waals surface area (Å²) in [6, 6.07) is 7.54. The van der Waals surface area contributed by atoms with Gasteiger partial charge in [-0.3, -0.25) is 13.9 Å². The minimum absolute atomic E-state index is 0.223. The highest BCUT2D eigenvalue weighted by Gasteiger charge is 2.31. The van der Waals surface area contributed by atoms with E-state index in [9.17, 15) is 14.7 Å². The third kappa shape index (κ3) is 2.24. The highest BCUT2D eigenvalue weighted by atomic mass is 16.3. The van der Waals surface area contributed by atoms with Gasteiger partial charge in [-0.2, -0.15) is 0 Å². The van der Waals surface area contributed by atoms with Crippen LogP contribution in [-0.4, -0.2) is 25.8 Å². The molecule has 3 heterocycles. The van der Waals surface area contributed by atoms with Crippen LogP contribution in [-0.2, 0) is 19.5 Å². The average molecular weight is 354 g/mol. The molecule has 0 radical (unpaired) electrons. The third-order valence-electron chi connectivity index (χ3n) is 5.21. The van der Waals surface area contributed by atoms with Gasteiger partial charge in [0.2, 0.25) is 5.88 Å². The maximum Gasteiger partial charge on any atom is 0.333 e. The minimum atomic E-state index is -0.478. The largest absolute Gasteiger partial charge is 0.494 e. The van der Waals surface area contributed by atoms with E-state index in [2.05, 4.69) is 16.4 Å². The predicted molar refractivity (Wildman–Crippen MR) is 99.8 cm³/mol. The smallest absolute Gasteiger partial charge is 0.333 e. The fourth-order valence-corrected chi connectivity index (χ4v) is 3.95. The van der Waals surface area contributed by atoms with Crippen LogP contribution in [0.2, 0.25) is 0 Å². The fourth-order valence-electron chi connectivity index (χ4n) is 3.95. The van der Waals surface area contributed by atoms with Crippen molar-refractivity contribution in [1.29, 1.82) is 0 Å². The van der Waals surface area contributed by atoms with Gasteiger partial charge in [-0.05, 0) is 31.9 Å². The van der Waals surface area contributed by atoms with E-state index in [1.54, 1.807) is 13.8 Å². The van der Waals surface area contributed by atoms with E-state index in [-0.39, 0.29) is 18.0 Å². The first kappa shape index (κ1) is 16.7. The molecule has 136 valence electrons. The van der Waals surface area contributed by atoms with Crippen LogP contribution in [0.5, 0.6) is 5.88 Å². The SMILES string of the molecule is CCn1c(O)c([C@@H]2NCCc3c2[nH]c2ccccc32)c(=O)n(CC)c1=O. The molecule has 4 rings (SSSR count). The lowest BCUT2D eigenvalue weighted by Crippen LogP contribution is -2.44. The van der Waals surface area contributed by atoms with Gasteiger partial charge in [0.05, 0.1) is 6.04 Å². The number of aromatic amines is 1. The molecule has 0 aliphatic carbocycles. The summed E-state index contributed by atoms with van der Waals surface area (Å²) >= 11 is 0. The molecule has 7 heteroatoms. The first-order valence-corrected chi connectivity index (χ1v) is 8.97. The van der Waals surface area contributed by atoms with Gasteiger partial charge in [-0.25, -0.2) is 4.79 Å². The van der Waals surface area contributed by atoms with E-state index in [1.807, 2.05) is 18.2 Å². The van der Waals surface area contributed by atoms with Crippen molar-refractivity contribution in [2.24, 2.45) is 0 Å². The first-order valence-electron chi connectivity index (χ1n) is 8.97. The van der Waals surface area contributed by atoms with E-state index >= 15 is 0 Å². The third-order valence-corrected chi connectivity index (χ3v) is 5.21. The molecule has 2 aromatic heterocycles. The maximum atomic E-state index is 13.0. The summed E-state index contributed by atoms with van der Waals surface area (Å²) in [5, 5.41) is 15.2. The van der Waals surface area contributed by atoms with Crippen LogP contribution in [0, 0.1) is 0 Å². The Hall–Kier alpha value is -2.80. The number of aromatic nitrogens is 3. The quantitative estimate of drug-likeness (QED) is 0.664. The Morgan fingerprint density at radius 1 is 1.15 bits per heavy atom. The summed E-state index contributed by atoms with van der Waals surface area (Å²) in [5.74, 6) is -0.254. The number of para-hydroxylation sites is 1. The number of fused-ring (bicyclic) bond motifs is 3. The van der Waals surface area contributed by atoms with Crippen LogP contribution in [0.15, 0.2) is 33.9 Å². The molecular formula is C19H22N4O3. The summed E-state index contributed by atoms with van der Waals surface area (Å²) in [6.07, 6.45) is 0.839. The van der Waals surface area contributed by atoms with E-state index < -0.39 is 17.3 Å². The second-order valence-corrected chi connectivity index (χ2v) is 6.51. The highest BCUT2D eigenvalue weighted by Crippen LogP contribution is 2.34. The van der Waals surface area contributed by atoms with Crippen LogP contribution in [0.3, 0.4) is 0 Å². The normalized spacial score (nSPS) is 16.8. The van der Waals surface area contributed by atoms with E-state index in [0.717, 1.165) is 28.6 Å². The van der Waals surface area contributed by atoms with E-state index in [1.165, 1.54) is 9.13 Å². The molecule has 3 N–H and O–H groups in total. The van der Waals surface area contributed by atoms with Crippen molar-refractivity contribution in [3.05, 3.63) is 61.9 Å². The zero-order valence-corrected chi connectivity index (χ0v) is 14.9. The van der Waals surface area contributed by atoms with Crippen molar-refractivity contribution >= 4 is 10.9 Å². The standard InChI is InChI=1S/C19H22N4O3/c1-3-22-17(24)14(18(25)23(4-2)19(22)26)16-15-12(9-10-20-16)11-7-5-6-8-13(11)21-15/h5-8,16,20-21,24H,3-4,9-10H2,1-2H3/t16-/m0/s1. The molecule has 1 aromatic carbocycles. The van der Waals surface area contributed by atoms with E-state index in [4.69, 9.17) is 0 Å². The minimum Gasteiger partial charge on any atom is -0.494 e. The number of nitrogens with one attached hydrogen (secondary N) is 2. The summed E-state index contributed by atoms with van der Waals surface area (Å²) in [6.45, 7) is 4.78.